The Labute approximate surface area is 174 Å². The van der Waals surface area contributed by atoms with E-state index >= 15 is 0 Å². The largest absolute Gasteiger partial charge is 0.507 e. The summed E-state index contributed by atoms with van der Waals surface area (Å²) < 4.78 is 10.5. The van der Waals surface area contributed by atoms with E-state index in [9.17, 15) is 14.7 Å². The zero-order chi connectivity index (χ0) is 21.0. The number of carbonyl (C=O) groups excluding carboxylic acids is 2. The molecule has 6 nitrogen and oxygen atoms in total. The van der Waals surface area contributed by atoms with Crippen LogP contribution in [0.3, 0.4) is 0 Å². The fourth-order valence-corrected chi connectivity index (χ4v) is 3.55. The van der Waals surface area contributed by atoms with Gasteiger partial charge >= 0.3 is 0 Å². The Balaban J connectivity index is 2.10. The number of ether oxygens (including phenoxy) is 2. The average molecular weight is 416 g/mol. The number of rotatable bonds is 7. The number of likely N-dealkylation sites (tertiary alicyclic amines) is 1. The van der Waals surface area contributed by atoms with Crippen LogP contribution in [0, 0.1) is 0 Å². The summed E-state index contributed by atoms with van der Waals surface area (Å²) in [6, 6.07) is 12.9. The van der Waals surface area contributed by atoms with Gasteiger partial charge in [-0.2, -0.15) is 0 Å². The Morgan fingerprint density at radius 1 is 1.17 bits per heavy atom. The number of Topliss-reactive ketones (excluding diaryl/α,β-unsaturated/α-hetero) is 1. The molecule has 0 bridgehead atoms. The summed E-state index contributed by atoms with van der Waals surface area (Å²) >= 11 is 6.13. The van der Waals surface area contributed by atoms with E-state index < -0.39 is 17.7 Å². The lowest BCUT2D eigenvalue weighted by Crippen LogP contribution is -2.32. The topological polar surface area (TPSA) is 76.1 Å². The number of methoxy groups -OCH3 is 1. The van der Waals surface area contributed by atoms with Crippen LogP contribution in [0.25, 0.3) is 5.76 Å². The van der Waals surface area contributed by atoms with Crippen LogP contribution in [0.1, 0.15) is 24.1 Å². The van der Waals surface area contributed by atoms with Crippen molar-refractivity contribution in [2.45, 2.75) is 13.0 Å². The van der Waals surface area contributed by atoms with Crippen molar-refractivity contribution in [1.82, 2.24) is 4.90 Å². The number of hydrogen-bond acceptors (Lipinski definition) is 5. The molecule has 2 aromatic carbocycles. The molecule has 0 unspecified atom stereocenters. The van der Waals surface area contributed by atoms with E-state index in [2.05, 4.69) is 0 Å². The summed E-state index contributed by atoms with van der Waals surface area (Å²) in [6.07, 6.45) is 0. The average Bonchev–Trinajstić information content (AvgIpc) is 2.97. The number of hydrogen-bond donors (Lipinski definition) is 1. The lowest BCUT2D eigenvalue weighted by molar-refractivity contribution is -0.140. The van der Waals surface area contributed by atoms with Gasteiger partial charge in [-0.05, 0) is 48.9 Å². The van der Waals surface area contributed by atoms with E-state index in [0.717, 1.165) is 0 Å². The highest BCUT2D eigenvalue weighted by Crippen LogP contribution is 2.39. The number of aliphatic hydroxyl groups excluding tert-OH is 1. The molecule has 7 heteroatoms. The van der Waals surface area contributed by atoms with Crippen molar-refractivity contribution < 1.29 is 24.2 Å². The minimum Gasteiger partial charge on any atom is -0.507 e. The summed E-state index contributed by atoms with van der Waals surface area (Å²) in [6.45, 7) is 2.86. The first-order valence-corrected chi connectivity index (χ1v) is 9.61. The SMILES string of the molecule is CCOc1ccc(/C(O)=C2\C(=O)C(=O)N(CCOC)[C@@H]2c2cccc(Cl)c2)cc1. The van der Waals surface area contributed by atoms with Gasteiger partial charge in [-0.1, -0.05) is 23.7 Å². The van der Waals surface area contributed by atoms with Crippen LogP contribution in [0.15, 0.2) is 54.1 Å². The molecule has 3 rings (SSSR count). The molecular formula is C22H22ClNO5. The summed E-state index contributed by atoms with van der Waals surface area (Å²) in [5.74, 6) is -1.01. The maximum absolute atomic E-state index is 12.8. The van der Waals surface area contributed by atoms with Crippen LogP contribution in [0.4, 0.5) is 0 Å². The van der Waals surface area contributed by atoms with Crippen molar-refractivity contribution in [2.75, 3.05) is 26.9 Å². The van der Waals surface area contributed by atoms with Crippen LogP contribution in [-0.4, -0.2) is 48.6 Å². The Bertz CT molecular complexity index is 938. The molecule has 1 heterocycles. The summed E-state index contributed by atoms with van der Waals surface area (Å²) in [4.78, 5) is 26.9. The third kappa shape index (κ3) is 4.28. The molecule has 2 aromatic rings. The van der Waals surface area contributed by atoms with Crippen molar-refractivity contribution in [3.05, 3.63) is 70.3 Å². The van der Waals surface area contributed by atoms with E-state index in [4.69, 9.17) is 21.1 Å². The Hall–Kier alpha value is -2.83. The van der Waals surface area contributed by atoms with Gasteiger partial charge in [-0.15, -0.1) is 0 Å². The highest BCUT2D eigenvalue weighted by molar-refractivity contribution is 6.46. The van der Waals surface area contributed by atoms with Crippen molar-refractivity contribution in [2.24, 2.45) is 0 Å². The second kappa shape index (κ2) is 9.11. The molecule has 0 saturated carbocycles. The molecule has 0 aliphatic carbocycles. The van der Waals surface area contributed by atoms with Crippen LogP contribution in [0.5, 0.6) is 5.75 Å². The van der Waals surface area contributed by atoms with Crippen LogP contribution < -0.4 is 4.74 Å². The fourth-order valence-electron chi connectivity index (χ4n) is 3.35. The van der Waals surface area contributed by atoms with Crippen LogP contribution >= 0.6 is 11.6 Å². The molecule has 0 aromatic heterocycles. The number of benzene rings is 2. The molecule has 152 valence electrons. The second-order valence-corrected chi connectivity index (χ2v) is 6.93. The lowest BCUT2D eigenvalue weighted by Gasteiger charge is -2.25. The van der Waals surface area contributed by atoms with E-state index in [1.165, 1.54) is 12.0 Å². The fraction of sp³-hybridized carbons (Fsp3) is 0.273. The van der Waals surface area contributed by atoms with E-state index in [1.54, 1.807) is 48.5 Å². The van der Waals surface area contributed by atoms with Crippen LogP contribution in [-0.2, 0) is 14.3 Å². The molecule has 0 spiro atoms. The standard InChI is InChI=1S/C22H22ClNO5/c1-3-29-17-9-7-14(8-10-17)20(25)18-19(15-5-4-6-16(23)13-15)24(11-12-28-2)22(27)21(18)26/h4-10,13,19,25H,3,11-12H2,1-2H3/b20-18+/t19-/m1/s1. The number of carbonyl (C=O) groups is 2. The summed E-state index contributed by atoms with van der Waals surface area (Å²) in [7, 11) is 1.52. The first-order chi connectivity index (χ1) is 14.0. The minimum atomic E-state index is -0.754. The third-order valence-corrected chi connectivity index (χ3v) is 4.91. The van der Waals surface area contributed by atoms with Gasteiger partial charge in [0.25, 0.3) is 11.7 Å². The van der Waals surface area contributed by atoms with Crippen molar-refractivity contribution in [3.63, 3.8) is 0 Å². The highest BCUT2D eigenvalue weighted by Gasteiger charge is 2.45. The van der Waals surface area contributed by atoms with E-state index in [0.29, 0.717) is 28.5 Å². The Morgan fingerprint density at radius 2 is 1.90 bits per heavy atom. The number of amides is 1. The van der Waals surface area contributed by atoms with Crippen molar-refractivity contribution >= 4 is 29.1 Å². The van der Waals surface area contributed by atoms with Gasteiger partial charge in [0, 0.05) is 24.2 Å². The molecule has 29 heavy (non-hydrogen) atoms. The molecule has 1 amide bonds. The van der Waals surface area contributed by atoms with Crippen molar-refractivity contribution in [3.8, 4) is 5.75 Å². The third-order valence-electron chi connectivity index (χ3n) is 4.68. The first-order valence-electron chi connectivity index (χ1n) is 9.24. The molecule has 1 aliphatic rings. The molecule has 1 fully saturated rings. The predicted molar refractivity (Wildman–Crippen MR) is 110 cm³/mol. The number of nitrogens with zero attached hydrogens (tertiary/aromatic N) is 1. The van der Waals surface area contributed by atoms with Gasteiger partial charge in [0.15, 0.2) is 0 Å². The first kappa shape index (κ1) is 20.9. The maximum Gasteiger partial charge on any atom is 0.295 e. The number of halogens is 1. The van der Waals surface area contributed by atoms with Crippen LogP contribution in [0.2, 0.25) is 5.02 Å². The maximum atomic E-state index is 12.8. The molecule has 1 saturated heterocycles. The monoisotopic (exact) mass is 415 g/mol. The van der Waals surface area contributed by atoms with E-state index in [-0.39, 0.29) is 24.5 Å². The summed E-state index contributed by atoms with van der Waals surface area (Å²) in [5.41, 5.74) is 1.09. The van der Waals surface area contributed by atoms with Gasteiger partial charge in [0.1, 0.15) is 11.5 Å². The molecule has 1 aliphatic heterocycles. The number of aliphatic hydroxyl groups is 1. The van der Waals surface area contributed by atoms with Gasteiger partial charge < -0.3 is 19.5 Å². The molecular weight excluding hydrogens is 394 g/mol. The van der Waals surface area contributed by atoms with Gasteiger partial charge in [-0.25, -0.2) is 0 Å². The zero-order valence-electron chi connectivity index (χ0n) is 16.2. The highest BCUT2D eigenvalue weighted by atomic mass is 35.5. The number of ketones is 1. The lowest BCUT2D eigenvalue weighted by atomic mass is 9.95. The van der Waals surface area contributed by atoms with E-state index in [1.807, 2.05) is 6.92 Å². The Morgan fingerprint density at radius 3 is 2.52 bits per heavy atom. The minimum absolute atomic E-state index is 0.0255. The normalized spacial score (nSPS) is 18.3. The summed E-state index contributed by atoms with van der Waals surface area (Å²) in [5, 5.41) is 11.4. The zero-order valence-corrected chi connectivity index (χ0v) is 17.0. The van der Waals surface area contributed by atoms with Gasteiger partial charge in [0.2, 0.25) is 0 Å². The Kier molecular flexibility index (Phi) is 6.56. The molecule has 1 N–H and O–H groups in total. The molecule has 1 atom stereocenters. The predicted octanol–water partition coefficient (Wildman–Crippen LogP) is 3.81. The molecule has 0 radical (unpaired) electrons. The van der Waals surface area contributed by atoms with Gasteiger partial charge in [-0.3, -0.25) is 9.59 Å². The second-order valence-electron chi connectivity index (χ2n) is 6.50. The quantitative estimate of drug-likeness (QED) is 0.423. The smallest absolute Gasteiger partial charge is 0.295 e. The van der Waals surface area contributed by atoms with Crippen molar-refractivity contribution in [1.29, 1.82) is 0 Å². The van der Waals surface area contributed by atoms with Gasteiger partial charge in [0.05, 0.1) is 24.8 Å².